The number of piperidine rings is 1. The summed E-state index contributed by atoms with van der Waals surface area (Å²) >= 11 is 0. The fourth-order valence-corrected chi connectivity index (χ4v) is 5.23. The van der Waals surface area contributed by atoms with Gasteiger partial charge >= 0.3 is 0 Å². The van der Waals surface area contributed by atoms with Gasteiger partial charge in [-0.15, -0.1) is 0 Å². The summed E-state index contributed by atoms with van der Waals surface area (Å²) in [4.78, 5) is 16.9. The molecule has 7 nitrogen and oxygen atoms in total. The molecule has 1 atom stereocenters. The standard InChI is InChI=1S/C19H30N4O3S.ClH/c1-16-4-3-9-23(14-16)27(25,26)18-7-5-17(6-8-18)20-19(24)15-22-12-10-21(2)11-13-22;/h5-8,16H,3-4,9-15H2,1-2H3,(H,20,24);1H/p-1. The molecule has 1 unspecified atom stereocenters. The molecule has 0 aromatic heterocycles. The third kappa shape index (κ3) is 5.90. The molecule has 1 amide bonds. The van der Waals surface area contributed by atoms with Crippen molar-refractivity contribution in [2.75, 3.05) is 58.2 Å². The molecule has 0 bridgehead atoms. The fraction of sp³-hybridized carbons (Fsp3) is 0.632. The predicted molar refractivity (Wildman–Crippen MR) is 106 cm³/mol. The summed E-state index contributed by atoms with van der Waals surface area (Å²) in [7, 11) is -1.38. The van der Waals surface area contributed by atoms with Crippen molar-refractivity contribution in [1.82, 2.24) is 14.1 Å². The van der Waals surface area contributed by atoms with Gasteiger partial charge in [0.25, 0.3) is 0 Å². The Kier molecular flexibility index (Phi) is 8.27. The third-order valence-electron chi connectivity index (χ3n) is 5.36. The van der Waals surface area contributed by atoms with Crippen LogP contribution in [-0.2, 0) is 14.8 Å². The van der Waals surface area contributed by atoms with Gasteiger partial charge in [-0.3, -0.25) is 9.69 Å². The van der Waals surface area contributed by atoms with Crippen LogP contribution < -0.4 is 17.7 Å². The maximum atomic E-state index is 12.8. The van der Waals surface area contributed by atoms with Crippen LogP contribution in [0.2, 0.25) is 0 Å². The second kappa shape index (κ2) is 10.0. The topological polar surface area (TPSA) is 73.0 Å². The van der Waals surface area contributed by atoms with Crippen LogP contribution in [0.25, 0.3) is 0 Å². The average Bonchev–Trinajstić information content (AvgIpc) is 2.64. The molecule has 0 spiro atoms. The number of nitrogens with zero attached hydrogens (tertiary/aromatic N) is 3. The number of rotatable bonds is 5. The number of hydrogen-bond acceptors (Lipinski definition) is 5. The first-order valence-corrected chi connectivity index (χ1v) is 11.1. The summed E-state index contributed by atoms with van der Waals surface area (Å²) in [5, 5.41) is 2.86. The van der Waals surface area contributed by atoms with Gasteiger partial charge in [0.1, 0.15) is 0 Å². The minimum Gasteiger partial charge on any atom is -1.00 e. The van der Waals surface area contributed by atoms with Crippen molar-refractivity contribution in [3.8, 4) is 0 Å². The SMILES string of the molecule is CC1CCCN(S(=O)(=O)c2ccc(NC(=O)CN3CCN(C)CC3)cc2)C1.[Cl-]. The number of halogens is 1. The number of piperazine rings is 1. The number of likely N-dealkylation sites (N-methyl/N-ethyl adjacent to an activating group) is 1. The molecule has 2 aliphatic rings. The fourth-order valence-electron chi connectivity index (χ4n) is 3.63. The van der Waals surface area contributed by atoms with Crippen LogP contribution in [0.3, 0.4) is 0 Å². The molecule has 2 saturated heterocycles. The molecule has 0 aliphatic carbocycles. The summed E-state index contributed by atoms with van der Waals surface area (Å²) in [5.41, 5.74) is 0.625. The summed E-state index contributed by atoms with van der Waals surface area (Å²) in [5.74, 6) is 0.321. The van der Waals surface area contributed by atoms with Crippen LogP contribution in [0.5, 0.6) is 0 Å². The van der Waals surface area contributed by atoms with Gasteiger partial charge in [0.15, 0.2) is 0 Å². The molecule has 0 saturated carbocycles. The van der Waals surface area contributed by atoms with Gasteiger partial charge in [-0.2, -0.15) is 4.31 Å². The zero-order chi connectivity index (χ0) is 19.4. The lowest BCUT2D eigenvalue weighted by Gasteiger charge is -2.31. The van der Waals surface area contributed by atoms with Gasteiger partial charge in [-0.05, 0) is 50.1 Å². The lowest BCUT2D eigenvalue weighted by Crippen LogP contribution is -3.00. The largest absolute Gasteiger partial charge is 1.00 e. The maximum Gasteiger partial charge on any atom is 0.243 e. The third-order valence-corrected chi connectivity index (χ3v) is 7.24. The van der Waals surface area contributed by atoms with E-state index in [1.165, 1.54) is 0 Å². The van der Waals surface area contributed by atoms with E-state index >= 15 is 0 Å². The van der Waals surface area contributed by atoms with Crippen LogP contribution in [0.4, 0.5) is 5.69 Å². The molecule has 1 aromatic carbocycles. The van der Waals surface area contributed by atoms with Gasteiger partial charge in [0.2, 0.25) is 15.9 Å². The Bertz CT molecular complexity index is 749. The van der Waals surface area contributed by atoms with Crippen LogP contribution in [0.1, 0.15) is 19.8 Å². The van der Waals surface area contributed by atoms with E-state index in [0.717, 1.165) is 39.0 Å². The van der Waals surface area contributed by atoms with E-state index in [4.69, 9.17) is 0 Å². The van der Waals surface area contributed by atoms with Crippen molar-refractivity contribution in [1.29, 1.82) is 0 Å². The molecule has 1 N–H and O–H groups in total. The summed E-state index contributed by atoms with van der Waals surface area (Å²) in [6.07, 6.45) is 1.98. The van der Waals surface area contributed by atoms with Crippen molar-refractivity contribution in [2.45, 2.75) is 24.7 Å². The number of hydrogen-bond donors (Lipinski definition) is 1. The summed E-state index contributed by atoms with van der Waals surface area (Å²) in [6.45, 7) is 7.30. The van der Waals surface area contributed by atoms with Crippen LogP contribution >= 0.6 is 0 Å². The van der Waals surface area contributed by atoms with Crippen molar-refractivity contribution < 1.29 is 25.6 Å². The van der Waals surface area contributed by atoms with Crippen LogP contribution in [-0.4, -0.2) is 81.3 Å². The highest BCUT2D eigenvalue weighted by Crippen LogP contribution is 2.24. The van der Waals surface area contributed by atoms with Gasteiger partial charge < -0.3 is 22.6 Å². The van der Waals surface area contributed by atoms with E-state index in [1.807, 2.05) is 0 Å². The van der Waals surface area contributed by atoms with Crippen molar-refractivity contribution in [3.05, 3.63) is 24.3 Å². The monoisotopic (exact) mass is 429 g/mol. The van der Waals surface area contributed by atoms with Gasteiger partial charge in [0, 0.05) is 45.0 Å². The highest BCUT2D eigenvalue weighted by Gasteiger charge is 2.28. The number of sulfonamides is 1. The molecule has 2 fully saturated rings. The molecule has 2 aliphatic heterocycles. The Hall–Kier alpha value is -1.19. The minimum absolute atomic E-state index is 0. The van der Waals surface area contributed by atoms with Crippen LogP contribution in [0, 0.1) is 5.92 Å². The first kappa shape index (κ1) is 23.1. The molecule has 9 heteroatoms. The zero-order valence-electron chi connectivity index (χ0n) is 16.6. The van der Waals surface area contributed by atoms with Crippen molar-refractivity contribution >= 4 is 21.6 Å². The Morgan fingerprint density at radius 2 is 1.75 bits per heavy atom. The quantitative estimate of drug-likeness (QED) is 0.604. The number of benzene rings is 1. The first-order chi connectivity index (χ1) is 12.8. The normalized spacial score (nSPS) is 22.4. The van der Waals surface area contributed by atoms with Crippen LogP contribution in [0.15, 0.2) is 29.2 Å². The van der Waals surface area contributed by atoms with E-state index in [9.17, 15) is 13.2 Å². The van der Waals surface area contributed by atoms with Crippen molar-refractivity contribution in [3.63, 3.8) is 0 Å². The minimum atomic E-state index is -3.46. The predicted octanol–water partition coefficient (Wildman–Crippen LogP) is -1.70. The average molecular weight is 430 g/mol. The molecule has 2 heterocycles. The van der Waals surface area contributed by atoms with Gasteiger partial charge in [-0.25, -0.2) is 8.42 Å². The number of carbonyl (C=O) groups is 1. The van der Waals surface area contributed by atoms with Gasteiger partial charge in [-0.1, -0.05) is 6.92 Å². The Morgan fingerprint density at radius 3 is 2.36 bits per heavy atom. The molecular weight excluding hydrogens is 400 g/mol. The summed E-state index contributed by atoms with van der Waals surface area (Å²) < 4.78 is 27.1. The molecule has 3 rings (SSSR count). The Labute approximate surface area is 174 Å². The van der Waals surface area contributed by atoms with Gasteiger partial charge in [0.05, 0.1) is 11.4 Å². The highest BCUT2D eigenvalue weighted by molar-refractivity contribution is 7.89. The summed E-state index contributed by atoms with van der Waals surface area (Å²) in [6, 6.07) is 6.50. The van der Waals surface area contributed by atoms with E-state index in [0.29, 0.717) is 31.2 Å². The molecule has 1 aromatic rings. The number of carbonyl (C=O) groups excluding carboxylic acids is 1. The molecule has 0 radical (unpaired) electrons. The highest BCUT2D eigenvalue weighted by atomic mass is 35.5. The first-order valence-electron chi connectivity index (χ1n) is 9.65. The number of amides is 1. The molecule has 158 valence electrons. The van der Waals surface area contributed by atoms with E-state index in [2.05, 4.69) is 29.1 Å². The second-order valence-electron chi connectivity index (χ2n) is 7.76. The zero-order valence-corrected chi connectivity index (χ0v) is 18.2. The number of nitrogens with one attached hydrogen (secondary N) is 1. The lowest BCUT2D eigenvalue weighted by atomic mass is 10.0. The smallest absolute Gasteiger partial charge is 0.243 e. The van der Waals surface area contributed by atoms with E-state index in [1.54, 1.807) is 28.6 Å². The molecule has 28 heavy (non-hydrogen) atoms. The van der Waals surface area contributed by atoms with E-state index < -0.39 is 10.0 Å². The number of anilines is 1. The Balaban J connectivity index is 0.00000280. The lowest BCUT2D eigenvalue weighted by molar-refractivity contribution is -0.117. The Morgan fingerprint density at radius 1 is 1.11 bits per heavy atom. The maximum absolute atomic E-state index is 12.8. The second-order valence-corrected chi connectivity index (χ2v) is 9.70. The molecular formula is C19H30ClN4O3S-. The van der Waals surface area contributed by atoms with Crippen molar-refractivity contribution in [2.24, 2.45) is 5.92 Å². The van der Waals surface area contributed by atoms with E-state index in [-0.39, 0.29) is 23.2 Å².